The topological polar surface area (TPSA) is 34.1 Å². The number of nitrogens with one attached hydrogen (secondary N) is 1. The quantitative estimate of drug-likeness (QED) is 0.753. The summed E-state index contributed by atoms with van der Waals surface area (Å²) in [5, 5.41) is 4.00. The molecule has 0 radical (unpaired) electrons. The molecule has 3 nitrogen and oxygen atoms in total. The average Bonchev–Trinajstić information content (AvgIpc) is 2.87. The standard InChI is InChI=1S/C15H12F2N2OS/c16-14(17)20-11-5-3-4-10(8-11)9-18-15-19-12-6-1-2-7-13(12)21-15/h1-8,14H,9H2,(H,18,19). The Balaban J connectivity index is 1.69. The van der Waals surface area contributed by atoms with Gasteiger partial charge in [-0.05, 0) is 29.8 Å². The van der Waals surface area contributed by atoms with Gasteiger partial charge in [0, 0.05) is 6.54 Å². The molecular formula is C15H12F2N2OS. The summed E-state index contributed by atoms with van der Waals surface area (Å²) in [4.78, 5) is 4.45. The highest BCUT2D eigenvalue weighted by Gasteiger charge is 2.06. The predicted molar refractivity (Wildman–Crippen MR) is 80.0 cm³/mol. The molecule has 1 N–H and O–H groups in total. The number of benzene rings is 2. The Kier molecular flexibility index (Phi) is 3.96. The van der Waals surface area contributed by atoms with Crippen LogP contribution >= 0.6 is 11.3 Å². The molecule has 0 aliphatic heterocycles. The maximum absolute atomic E-state index is 12.2. The first-order chi connectivity index (χ1) is 10.2. The molecule has 0 spiro atoms. The van der Waals surface area contributed by atoms with Crippen LogP contribution in [0.4, 0.5) is 13.9 Å². The number of hydrogen-bond acceptors (Lipinski definition) is 4. The molecule has 2 aromatic carbocycles. The van der Waals surface area contributed by atoms with Crippen LogP contribution in [-0.2, 0) is 6.54 Å². The molecule has 3 aromatic rings. The fourth-order valence-corrected chi connectivity index (χ4v) is 2.82. The number of thiazole rings is 1. The number of halogens is 2. The first-order valence-electron chi connectivity index (χ1n) is 6.34. The molecule has 21 heavy (non-hydrogen) atoms. The van der Waals surface area contributed by atoms with Gasteiger partial charge >= 0.3 is 6.61 Å². The van der Waals surface area contributed by atoms with E-state index >= 15 is 0 Å². The van der Waals surface area contributed by atoms with Crippen LogP contribution in [0.3, 0.4) is 0 Å². The molecule has 0 saturated heterocycles. The van der Waals surface area contributed by atoms with E-state index in [4.69, 9.17) is 0 Å². The smallest absolute Gasteiger partial charge is 0.387 e. The lowest BCUT2D eigenvalue weighted by Gasteiger charge is -2.07. The van der Waals surface area contributed by atoms with Crippen LogP contribution in [0.5, 0.6) is 5.75 Å². The highest BCUT2D eigenvalue weighted by atomic mass is 32.1. The third kappa shape index (κ3) is 3.46. The summed E-state index contributed by atoms with van der Waals surface area (Å²) in [6.07, 6.45) is 0. The lowest BCUT2D eigenvalue weighted by molar-refractivity contribution is -0.0498. The van der Waals surface area contributed by atoms with Crippen LogP contribution in [-0.4, -0.2) is 11.6 Å². The minimum Gasteiger partial charge on any atom is -0.435 e. The van der Waals surface area contributed by atoms with Crippen molar-refractivity contribution < 1.29 is 13.5 Å². The Bertz CT molecular complexity index is 712. The summed E-state index contributed by atoms with van der Waals surface area (Å²) in [5.41, 5.74) is 1.80. The Morgan fingerprint density at radius 3 is 2.81 bits per heavy atom. The molecule has 0 aliphatic rings. The second-order valence-electron chi connectivity index (χ2n) is 4.37. The molecule has 6 heteroatoms. The zero-order valence-corrected chi connectivity index (χ0v) is 11.7. The maximum atomic E-state index is 12.2. The monoisotopic (exact) mass is 306 g/mol. The van der Waals surface area contributed by atoms with E-state index in [1.165, 1.54) is 6.07 Å². The number of fused-ring (bicyclic) bond motifs is 1. The summed E-state index contributed by atoms with van der Waals surface area (Å²) in [6, 6.07) is 14.5. The van der Waals surface area contributed by atoms with Crippen molar-refractivity contribution in [1.29, 1.82) is 0 Å². The van der Waals surface area contributed by atoms with Crippen LogP contribution in [0.25, 0.3) is 10.2 Å². The third-order valence-corrected chi connectivity index (χ3v) is 3.86. The minimum absolute atomic E-state index is 0.161. The van der Waals surface area contributed by atoms with Crippen molar-refractivity contribution in [2.24, 2.45) is 0 Å². The van der Waals surface area contributed by atoms with Crippen molar-refractivity contribution in [2.45, 2.75) is 13.2 Å². The number of aromatic nitrogens is 1. The molecule has 0 aliphatic carbocycles. The SMILES string of the molecule is FC(F)Oc1cccc(CNc2nc3ccccc3s2)c1. The number of rotatable bonds is 5. The number of alkyl halides is 2. The molecule has 0 unspecified atom stereocenters. The molecule has 108 valence electrons. The Morgan fingerprint density at radius 2 is 2.00 bits per heavy atom. The van der Waals surface area contributed by atoms with Gasteiger partial charge in [0.1, 0.15) is 5.75 Å². The second-order valence-corrected chi connectivity index (χ2v) is 5.40. The van der Waals surface area contributed by atoms with Gasteiger partial charge < -0.3 is 10.1 Å². The summed E-state index contributed by atoms with van der Waals surface area (Å²) >= 11 is 1.56. The van der Waals surface area contributed by atoms with Gasteiger partial charge in [-0.15, -0.1) is 0 Å². The van der Waals surface area contributed by atoms with Gasteiger partial charge in [0.15, 0.2) is 5.13 Å². The summed E-state index contributed by atoms with van der Waals surface area (Å²) in [6.45, 7) is -2.31. The Morgan fingerprint density at radius 1 is 1.14 bits per heavy atom. The van der Waals surface area contributed by atoms with Crippen LogP contribution in [0, 0.1) is 0 Å². The number of anilines is 1. The first kappa shape index (κ1) is 13.8. The molecule has 0 atom stereocenters. The highest BCUT2D eigenvalue weighted by Crippen LogP contribution is 2.26. The molecule has 0 fully saturated rings. The van der Waals surface area contributed by atoms with Gasteiger partial charge in [-0.1, -0.05) is 35.6 Å². The van der Waals surface area contributed by atoms with Crippen LogP contribution in [0.1, 0.15) is 5.56 Å². The predicted octanol–water partition coefficient (Wildman–Crippen LogP) is 4.51. The van der Waals surface area contributed by atoms with Crippen molar-refractivity contribution in [3.05, 3.63) is 54.1 Å². The largest absolute Gasteiger partial charge is 0.435 e. The van der Waals surface area contributed by atoms with Crippen LogP contribution in [0.15, 0.2) is 48.5 Å². The number of hydrogen-bond donors (Lipinski definition) is 1. The highest BCUT2D eigenvalue weighted by molar-refractivity contribution is 7.22. The van der Waals surface area contributed by atoms with Gasteiger partial charge in [0.05, 0.1) is 10.2 Å². The van der Waals surface area contributed by atoms with E-state index in [2.05, 4.69) is 15.0 Å². The molecule has 1 aromatic heterocycles. The second kappa shape index (κ2) is 6.05. The fourth-order valence-electron chi connectivity index (χ4n) is 1.96. The van der Waals surface area contributed by atoms with Crippen LogP contribution < -0.4 is 10.1 Å². The lowest BCUT2D eigenvalue weighted by Crippen LogP contribution is -2.03. The van der Waals surface area contributed by atoms with Crippen molar-refractivity contribution in [3.63, 3.8) is 0 Å². The van der Waals surface area contributed by atoms with Crippen molar-refractivity contribution in [3.8, 4) is 5.75 Å². The van der Waals surface area contributed by atoms with E-state index in [1.54, 1.807) is 23.5 Å². The minimum atomic E-state index is -2.81. The van der Waals surface area contributed by atoms with E-state index in [0.717, 1.165) is 20.9 Å². The number of para-hydroxylation sites is 1. The lowest BCUT2D eigenvalue weighted by atomic mass is 10.2. The van der Waals surface area contributed by atoms with E-state index in [-0.39, 0.29) is 5.75 Å². The zero-order chi connectivity index (χ0) is 14.7. The van der Waals surface area contributed by atoms with Crippen LogP contribution in [0.2, 0.25) is 0 Å². The maximum Gasteiger partial charge on any atom is 0.387 e. The van der Waals surface area contributed by atoms with Gasteiger partial charge in [-0.3, -0.25) is 0 Å². The summed E-state index contributed by atoms with van der Waals surface area (Å²) in [5.74, 6) is 0.161. The van der Waals surface area contributed by atoms with Gasteiger partial charge in [-0.25, -0.2) is 4.98 Å². The Labute approximate surface area is 124 Å². The number of ether oxygens (including phenoxy) is 1. The zero-order valence-electron chi connectivity index (χ0n) is 10.9. The van der Waals surface area contributed by atoms with E-state index < -0.39 is 6.61 Å². The Hall–Kier alpha value is -2.21. The molecule has 1 heterocycles. The van der Waals surface area contributed by atoms with Gasteiger partial charge in [-0.2, -0.15) is 8.78 Å². The third-order valence-electron chi connectivity index (χ3n) is 2.86. The normalized spacial score (nSPS) is 11.0. The van der Waals surface area contributed by atoms with Gasteiger partial charge in [0.25, 0.3) is 0 Å². The van der Waals surface area contributed by atoms with Crippen molar-refractivity contribution in [1.82, 2.24) is 4.98 Å². The number of nitrogens with zero attached hydrogens (tertiary/aromatic N) is 1. The van der Waals surface area contributed by atoms with E-state index in [1.807, 2.05) is 30.3 Å². The molecule has 0 amide bonds. The van der Waals surface area contributed by atoms with E-state index in [9.17, 15) is 8.78 Å². The fraction of sp³-hybridized carbons (Fsp3) is 0.133. The average molecular weight is 306 g/mol. The van der Waals surface area contributed by atoms with E-state index in [0.29, 0.717) is 6.54 Å². The first-order valence-corrected chi connectivity index (χ1v) is 7.15. The summed E-state index contributed by atoms with van der Waals surface area (Å²) in [7, 11) is 0. The van der Waals surface area contributed by atoms with Gasteiger partial charge in [0.2, 0.25) is 0 Å². The molecule has 3 rings (SSSR count). The summed E-state index contributed by atoms with van der Waals surface area (Å²) < 4.78 is 29.8. The molecule has 0 bridgehead atoms. The molecular weight excluding hydrogens is 294 g/mol. The molecule has 0 saturated carbocycles. The van der Waals surface area contributed by atoms with Crippen molar-refractivity contribution in [2.75, 3.05) is 5.32 Å². The van der Waals surface area contributed by atoms with Crippen molar-refractivity contribution >= 4 is 26.7 Å².